The van der Waals surface area contributed by atoms with Gasteiger partial charge in [0, 0.05) is 31.4 Å². The minimum Gasteiger partial charge on any atom is -0.345 e. The number of amides is 2. The Labute approximate surface area is 134 Å². The summed E-state index contributed by atoms with van der Waals surface area (Å²) >= 11 is 0. The van der Waals surface area contributed by atoms with Crippen molar-refractivity contribution in [3.8, 4) is 0 Å². The van der Waals surface area contributed by atoms with E-state index in [4.69, 9.17) is 0 Å². The van der Waals surface area contributed by atoms with Crippen LogP contribution in [0.3, 0.4) is 0 Å². The zero-order chi connectivity index (χ0) is 16.8. The molecule has 4 nitrogen and oxygen atoms in total. The lowest BCUT2D eigenvalue weighted by molar-refractivity contribution is -0.111. The fourth-order valence-electron chi connectivity index (χ4n) is 1.88. The van der Waals surface area contributed by atoms with Crippen LogP contribution in [0, 0.1) is 5.82 Å². The molecule has 0 atom stereocenters. The molecule has 2 aromatic carbocycles. The van der Waals surface area contributed by atoms with Gasteiger partial charge in [0.1, 0.15) is 5.82 Å². The number of benzene rings is 2. The number of carbonyl (C=O) groups is 2. The standard InChI is InChI=1S/C18H17FN2O2/c1-21(2)18(23)14-6-3-13(4-7-14)5-12-17(22)20-16-10-8-15(19)9-11-16/h3-12H,1-2H3,(H,20,22)/b12-5+. The number of hydrogen-bond acceptors (Lipinski definition) is 2. The predicted octanol–water partition coefficient (Wildman–Crippen LogP) is 3.18. The van der Waals surface area contributed by atoms with Crippen molar-refractivity contribution in [1.82, 2.24) is 4.90 Å². The van der Waals surface area contributed by atoms with Gasteiger partial charge in [-0.3, -0.25) is 9.59 Å². The van der Waals surface area contributed by atoms with Crippen LogP contribution in [0.15, 0.2) is 54.6 Å². The Morgan fingerprint density at radius 2 is 1.61 bits per heavy atom. The largest absolute Gasteiger partial charge is 0.345 e. The van der Waals surface area contributed by atoms with E-state index in [2.05, 4.69) is 5.32 Å². The van der Waals surface area contributed by atoms with Gasteiger partial charge >= 0.3 is 0 Å². The Morgan fingerprint density at radius 3 is 2.17 bits per heavy atom. The molecular formula is C18H17FN2O2. The third-order valence-corrected chi connectivity index (χ3v) is 3.10. The van der Waals surface area contributed by atoms with Crippen molar-refractivity contribution < 1.29 is 14.0 Å². The van der Waals surface area contributed by atoms with Crippen LogP contribution in [0.2, 0.25) is 0 Å². The summed E-state index contributed by atoms with van der Waals surface area (Å²) in [4.78, 5) is 25.0. The van der Waals surface area contributed by atoms with E-state index in [9.17, 15) is 14.0 Å². The van der Waals surface area contributed by atoms with E-state index < -0.39 is 0 Å². The van der Waals surface area contributed by atoms with Gasteiger partial charge in [0.2, 0.25) is 5.91 Å². The molecule has 23 heavy (non-hydrogen) atoms. The monoisotopic (exact) mass is 312 g/mol. The average Bonchev–Trinajstić information content (AvgIpc) is 2.55. The van der Waals surface area contributed by atoms with E-state index in [-0.39, 0.29) is 17.6 Å². The third-order valence-electron chi connectivity index (χ3n) is 3.10. The van der Waals surface area contributed by atoms with Crippen molar-refractivity contribution in [2.45, 2.75) is 0 Å². The predicted molar refractivity (Wildman–Crippen MR) is 88.5 cm³/mol. The number of rotatable bonds is 4. The van der Waals surface area contributed by atoms with Gasteiger partial charge < -0.3 is 10.2 Å². The van der Waals surface area contributed by atoms with Crippen LogP contribution >= 0.6 is 0 Å². The molecule has 0 aromatic heterocycles. The minimum atomic E-state index is -0.356. The topological polar surface area (TPSA) is 49.4 Å². The van der Waals surface area contributed by atoms with Gasteiger partial charge in [-0.25, -0.2) is 4.39 Å². The van der Waals surface area contributed by atoms with E-state index in [1.807, 2.05) is 0 Å². The quantitative estimate of drug-likeness (QED) is 0.882. The third kappa shape index (κ3) is 4.78. The van der Waals surface area contributed by atoms with Crippen LogP contribution in [0.4, 0.5) is 10.1 Å². The van der Waals surface area contributed by atoms with E-state index in [0.29, 0.717) is 11.3 Å². The molecule has 1 N–H and O–H groups in total. The van der Waals surface area contributed by atoms with Crippen molar-refractivity contribution in [3.05, 3.63) is 71.6 Å². The average molecular weight is 312 g/mol. The molecule has 2 rings (SSSR count). The molecule has 0 radical (unpaired) electrons. The summed E-state index contributed by atoms with van der Waals surface area (Å²) in [7, 11) is 3.38. The normalized spacial score (nSPS) is 10.6. The zero-order valence-corrected chi connectivity index (χ0v) is 12.9. The molecule has 5 heteroatoms. The highest BCUT2D eigenvalue weighted by molar-refractivity contribution is 6.02. The van der Waals surface area contributed by atoms with Crippen LogP contribution in [0.5, 0.6) is 0 Å². The minimum absolute atomic E-state index is 0.0745. The molecule has 0 saturated carbocycles. The molecule has 0 aliphatic heterocycles. The van der Waals surface area contributed by atoms with E-state index in [1.54, 1.807) is 44.4 Å². The highest BCUT2D eigenvalue weighted by Gasteiger charge is 2.06. The van der Waals surface area contributed by atoms with Gasteiger partial charge in [0.15, 0.2) is 0 Å². The number of hydrogen-bond donors (Lipinski definition) is 1. The Kier molecular flexibility index (Phi) is 5.25. The van der Waals surface area contributed by atoms with Crippen molar-refractivity contribution in [3.63, 3.8) is 0 Å². The number of nitrogens with zero attached hydrogens (tertiary/aromatic N) is 1. The summed E-state index contributed by atoms with van der Waals surface area (Å²) in [6, 6.07) is 12.5. The SMILES string of the molecule is CN(C)C(=O)c1ccc(/C=C/C(=O)Nc2ccc(F)cc2)cc1. The Balaban J connectivity index is 1.98. The van der Waals surface area contributed by atoms with E-state index in [1.165, 1.54) is 35.2 Å². The van der Waals surface area contributed by atoms with E-state index >= 15 is 0 Å². The van der Waals surface area contributed by atoms with Gasteiger partial charge in [-0.05, 0) is 48.0 Å². The number of anilines is 1. The summed E-state index contributed by atoms with van der Waals surface area (Å²) in [5.41, 5.74) is 1.91. The molecule has 0 saturated heterocycles. The molecular weight excluding hydrogens is 295 g/mol. The molecule has 0 aliphatic rings. The first-order valence-corrected chi connectivity index (χ1v) is 7.02. The van der Waals surface area contributed by atoms with Gasteiger partial charge in [-0.2, -0.15) is 0 Å². The molecule has 2 amide bonds. The molecule has 0 unspecified atom stereocenters. The van der Waals surface area contributed by atoms with Gasteiger partial charge in [0.25, 0.3) is 5.91 Å². The van der Waals surface area contributed by atoms with Gasteiger partial charge in [-0.1, -0.05) is 12.1 Å². The maximum atomic E-state index is 12.8. The molecule has 0 bridgehead atoms. The second kappa shape index (κ2) is 7.35. The van der Waals surface area contributed by atoms with Crippen LogP contribution in [-0.2, 0) is 4.79 Å². The first kappa shape index (κ1) is 16.4. The van der Waals surface area contributed by atoms with Gasteiger partial charge in [0.05, 0.1) is 0 Å². The highest BCUT2D eigenvalue weighted by atomic mass is 19.1. The van der Waals surface area contributed by atoms with Crippen LogP contribution in [-0.4, -0.2) is 30.8 Å². The summed E-state index contributed by atoms with van der Waals surface area (Å²) in [5.74, 6) is -0.745. The Morgan fingerprint density at radius 1 is 1.00 bits per heavy atom. The Hall–Kier alpha value is -2.95. The molecule has 0 heterocycles. The molecule has 0 aliphatic carbocycles. The fraction of sp³-hybridized carbons (Fsp3) is 0.111. The molecule has 0 spiro atoms. The number of carbonyl (C=O) groups excluding carboxylic acids is 2. The molecule has 118 valence electrons. The summed E-state index contributed by atoms with van der Waals surface area (Å²) in [5, 5.41) is 2.63. The van der Waals surface area contributed by atoms with Crippen LogP contribution < -0.4 is 5.32 Å². The molecule has 0 fully saturated rings. The lowest BCUT2D eigenvalue weighted by atomic mass is 10.1. The second-order valence-electron chi connectivity index (χ2n) is 5.15. The molecule has 2 aromatic rings. The summed E-state index contributed by atoms with van der Waals surface area (Å²) in [6.07, 6.45) is 3.02. The summed E-state index contributed by atoms with van der Waals surface area (Å²) in [6.45, 7) is 0. The first-order valence-electron chi connectivity index (χ1n) is 7.02. The maximum absolute atomic E-state index is 12.8. The smallest absolute Gasteiger partial charge is 0.253 e. The fourth-order valence-corrected chi connectivity index (χ4v) is 1.88. The number of halogens is 1. The maximum Gasteiger partial charge on any atom is 0.253 e. The van der Waals surface area contributed by atoms with E-state index in [0.717, 1.165) is 5.56 Å². The second-order valence-corrected chi connectivity index (χ2v) is 5.15. The van der Waals surface area contributed by atoms with Gasteiger partial charge in [-0.15, -0.1) is 0 Å². The lowest BCUT2D eigenvalue weighted by Gasteiger charge is -2.09. The summed E-state index contributed by atoms with van der Waals surface area (Å²) < 4.78 is 12.8. The first-order chi connectivity index (χ1) is 11.0. The van der Waals surface area contributed by atoms with Crippen LogP contribution in [0.1, 0.15) is 15.9 Å². The Bertz CT molecular complexity index is 720. The van der Waals surface area contributed by atoms with Crippen LogP contribution in [0.25, 0.3) is 6.08 Å². The highest BCUT2D eigenvalue weighted by Crippen LogP contribution is 2.10. The number of nitrogens with one attached hydrogen (secondary N) is 1. The van der Waals surface area contributed by atoms with Crippen molar-refractivity contribution in [2.24, 2.45) is 0 Å². The van der Waals surface area contributed by atoms with Crippen molar-refractivity contribution >= 4 is 23.6 Å². The zero-order valence-electron chi connectivity index (χ0n) is 12.9. The lowest BCUT2D eigenvalue weighted by Crippen LogP contribution is -2.21. The van der Waals surface area contributed by atoms with Crippen molar-refractivity contribution in [2.75, 3.05) is 19.4 Å². The van der Waals surface area contributed by atoms with Crippen molar-refractivity contribution in [1.29, 1.82) is 0 Å².